The van der Waals surface area contributed by atoms with E-state index in [9.17, 15) is 5.11 Å². The normalized spacial score (nSPS) is 60.1. The quantitative estimate of drug-likeness (QED) is 0.683. The van der Waals surface area contributed by atoms with Crippen LogP contribution in [0.3, 0.4) is 0 Å². The van der Waals surface area contributed by atoms with Crippen molar-refractivity contribution in [2.24, 2.45) is 34.0 Å². The number of hydrogen-bond donors (Lipinski definition) is 1. The van der Waals surface area contributed by atoms with Crippen LogP contribution in [0.2, 0.25) is 0 Å². The standard InChI is InChI=1S/C22H33NO2/c1-14-15-4-5-17-21(12-15,18(14)24)9-6-16-20(2)7-3-8-22(16,17)19-23(13-20)10-11-25-19/h15-19,24H,1,3-13H2,2H3/t15-,16-,17-,18+,19?,20+,21-,22+/m1/s1. The van der Waals surface area contributed by atoms with Crippen LogP contribution in [0.15, 0.2) is 12.2 Å². The third-order valence-corrected chi connectivity index (χ3v) is 9.95. The van der Waals surface area contributed by atoms with Gasteiger partial charge >= 0.3 is 0 Å². The number of ether oxygens (including phenoxy) is 1. The lowest BCUT2D eigenvalue weighted by molar-refractivity contribution is -0.276. The summed E-state index contributed by atoms with van der Waals surface area (Å²) in [5.41, 5.74) is 2.03. The minimum atomic E-state index is -0.259. The van der Waals surface area contributed by atoms with Gasteiger partial charge in [-0.3, -0.25) is 4.90 Å². The molecule has 8 atom stereocenters. The Labute approximate surface area is 151 Å². The first-order chi connectivity index (χ1) is 12.0. The molecule has 2 saturated heterocycles. The van der Waals surface area contributed by atoms with Crippen molar-refractivity contribution in [3.05, 3.63) is 12.2 Å². The molecule has 1 spiro atoms. The Morgan fingerprint density at radius 3 is 2.92 bits per heavy atom. The lowest BCUT2D eigenvalue weighted by atomic mass is 9.38. The van der Waals surface area contributed by atoms with Crippen LogP contribution in [0.25, 0.3) is 0 Å². The second-order valence-corrected chi connectivity index (χ2v) is 10.6. The van der Waals surface area contributed by atoms with Crippen LogP contribution in [0.1, 0.15) is 58.3 Å². The van der Waals surface area contributed by atoms with Crippen molar-refractivity contribution in [3.8, 4) is 0 Å². The maximum Gasteiger partial charge on any atom is 0.117 e. The molecule has 4 aliphatic carbocycles. The number of aliphatic hydroxyl groups is 1. The highest BCUT2D eigenvalue weighted by atomic mass is 16.5. The van der Waals surface area contributed by atoms with Gasteiger partial charge in [0.1, 0.15) is 6.23 Å². The molecule has 25 heavy (non-hydrogen) atoms. The van der Waals surface area contributed by atoms with Gasteiger partial charge in [-0.15, -0.1) is 0 Å². The molecule has 6 fully saturated rings. The average Bonchev–Trinajstić information content (AvgIpc) is 3.12. The largest absolute Gasteiger partial charge is 0.388 e. The van der Waals surface area contributed by atoms with Gasteiger partial charge in [-0.05, 0) is 73.7 Å². The van der Waals surface area contributed by atoms with E-state index < -0.39 is 0 Å². The zero-order valence-electron chi connectivity index (χ0n) is 15.7. The second kappa shape index (κ2) is 4.72. The molecule has 3 heteroatoms. The van der Waals surface area contributed by atoms with Crippen LogP contribution in [0, 0.1) is 34.0 Å². The fourth-order valence-electron chi connectivity index (χ4n) is 9.31. The number of hydrogen-bond acceptors (Lipinski definition) is 3. The fourth-order valence-corrected chi connectivity index (χ4v) is 9.31. The number of piperidine rings is 1. The van der Waals surface area contributed by atoms with E-state index in [4.69, 9.17) is 4.74 Å². The molecular weight excluding hydrogens is 310 g/mol. The summed E-state index contributed by atoms with van der Waals surface area (Å²) in [5.74, 6) is 2.01. The molecule has 0 amide bonds. The highest BCUT2D eigenvalue weighted by molar-refractivity contribution is 5.29. The Hall–Kier alpha value is -0.380. The van der Waals surface area contributed by atoms with Gasteiger partial charge in [0.15, 0.2) is 0 Å². The molecule has 2 heterocycles. The maximum atomic E-state index is 11.3. The summed E-state index contributed by atoms with van der Waals surface area (Å²) in [5, 5.41) is 11.3. The third kappa shape index (κ3) is 1.62. The number of aliphatic hydroxyl groups excluding tert-OH is 1. The lowest BCUT2D eigenvalue weighted by Crippen LogP contribution is -2.71. The van der Waals surface area contributed by atoms with Crippen molar-refractivity contribution in [2.75, 3.05) is 19.7 Å². The van der Waals surface area contributed by atoms with Gasteiger partial charge in [0, 0.05) is 23.9 Å². The summed E-state index contributed by atoms with van der Waals surface area (Å²) in [4.78, 5) is 2.69. The molecule has 4 saturated carbocycles. The minimum absolute atomic E-state index is 0.115. The van der Waals surface area contributed by atoms with Crippen molar-refractivity contribution in [2.45, 2.75) is 70.6 Å². The van der Waals surface area contributed by atoms with E-state index >= 15 is 0 Å². The Balaban J connectivity index is 1.53. The Kier molecular flexibility index (Phi) is 2.95. The molecule has 2 aliphatic heterocycles. The van der Waals surface area contributed by atoms with Crippen LogP contribution in [0.4, 0.5) is 0 Å². The summed E-state index contributed by atoms with van der Waals surface area (Å²) >= 11 is 0. The molecule has 0 radical (unpaired) electrons. The predicted octanol–water partition coefficient (Wildman–Crippen LogP) is 3.58. The minimum Gasteiger partial charge on any atom is -0.388 e. The zero-order chi connectivity index (χ0) is 17.0. The predicted molar refractivity (Wildman–Crippen MR) is 96.8 cm³/mol. The van der Waals surface area contributed by atoms with Gasteiger partial charge in [0.2, 0.25) is 0 Å². The van der Waals surface area contributed by atoms with E-state index in [1.54, 1.807) is 0 Å². The molecule has 0 aromatic heterocycles. The first kappa shape index (κ1) is 15.7. The maximum absolute atomic E-state index is 11.3. The van der Waals surface area contributed by atoms with Crippen molar-refractivity contribution in [1.29, 1.82) is 0 Å². The Morgan fingerprint density at radius 2 is 2.04 bits per heavy atom. The molecule has 1 unspecified atom stereocenters. The summed E-state index contributed by atoms with van der Waals surface area (Å²) in [6.07, 6.45) is 10.4. The second-order valence-electron chi connectivity index (χ2n) is 10.6. The van der Waals surface area contributed by atoms with Crippen molar-refractivity contribution in [1.82, 2.24) is 4.90 Å². The highest BCUT2D eigenvalue weighted by Gasteiger charge is 2.73. The van der Waals surface area contributed by atoms with Gasteiger partial charge in [0.05, 0.1) is 12.7 Å². The first-order valence-corrected chi connectivity index (χ1v) is 10.7. The molecular formula is C22H33NO2. The third-order valence-electron chi connectivity index (χ3n) is 9.95. The Bertz CT molecular complexity index is 634. The Morgan fingerprint density at radius 1 is 1.16 bits per heavy atom. The van der Waals surface area contributed by atoms with Gasteiger partial charge < -0.3 is 9.84 Å². The molecule has 6 aliphatic rings. The van der Waals surface area contributed by atoms with Gasteiger partial charge in [-0.1, -0.05) is 19.9 Å². The summed E-state index contributed by atoms with van der Waals surface area (Å²) < 4.78 is 6.48. The van der Waals surface area contributed by atoms with E-state index in [1.807, 2.05) is 0 Å². The first-order valence-electron chi connectivity index (χ1n) is 10.7. The lowest BCUT2D eigenvalue weighted by Gasteiger charge is -2.70. The molecule has 1 N–H and O–H groups in total. The van der Waals surface area contributed by atoms with Crippen LogP contribution in [-0.4, -0.2) is 42.0 Å². The van der Waals surface area contributed by atoms with Gasteiger partial charge in [-0.2, -0.15) is 0 Å². The zero-order valence-corrected chi connectivity index (χ0v) is 15.7. The van der Waals surface area contributed by atoms with Gasteiger partial charge in [0.25, 0.3) is 0 Å². The molecule has 4 bridgehead atoms. The van der Waals surface area contributed by atoms with E-state index in [-0.39, 0.29) is 16.9 Å². The topological polar surface area (TPSA) is 32.7 Å². The van der Waals surface area contributed by atoms with E-state index in [0.717, 1.165) is 24.6 Å². The van der Waals surface area contributed by atoms with Crippen LogP contribution in [-0.2, 0) is 4.74 Å². The van der Waals surface area contributed by atoms with E-state index in [0.29, 0.717) is 23.5 Å². The number of rotatable bonds is 0. The monoisotopic (exact) mass is 343 g/mol. The molecule has 3 nitrogen and oxygen atoms in total. The summed E-state index contributed by atoms with van der Waals surface area (Å²) in [6.45, 7) is 10.2. The van der Waals surface area contributed by atoms with Crippen molar-refractivity contribution >= 4 is 0 Å². The van der Waals surface area contributed by atoms with Gasteiger partial charge in [-0.25, -0.2) is 0 Å². The molecule has 138 valence electrons. The average molecular weight is 344 g/mol. The summed E-state index contributed by atoms with van der Waals surface area (Å²) in [6, 6.07) is 0. The number of nitrogens with zero attached hydrogens (tertiary/aromatic N) is 1. The molecule has 0 aromatic carbocycles. The smallest absolute Gasteiger partial charge is 0.117 e. The van der Waals surface area contributed by atoms with Crippen LogP contribution < -0.4 is 0 Å². The van der Waals surface area contributed by atoms with Crippen molar-refractivity contribution in [3.63, 3.8) is 0 Å². The summed E-state index contributed by atoms with van der Waals surface area (Å²) in [7, 11) is 0. The molecule has 0 aromatic rings. The van der Waals surface area contributed by atoms with Crippen LogP contribution >= 0.6 is 0 Å². The van der Waals surface area contributed by atoms with Crippen LogP contribution in [0.5, 0.6) is 0 Å². The van der Waals surface area contributed by atoms with Crippen molar-refractivity contribution < 1.29 is 9.84 Å². The van der Waals surface area contributed by atoms with E-state index in [1.165, 1.54) is 57.9 Å². The fraction of sp³-hybridized carbons (Fsp3) is 0.909. The number of fused-ring (bicyclic) bond motifs is 2. The molecule has 6 rings (SSSR count). The van der Waals surface area contributed by atoms with E-state index in [2.05, 4.69) is 18.4 Å². The SMILES string of the molecule is C=C1[C@@H]2CC[C@@H]3[C@@](CC[C@@H]4[C@@]5(C)CCC[C@]43C3OCCN3C5)(C2)[C@H]1O. The highest BCUT2D eigenvalue weighted by Crippen LogP contribution is 2.75.